The van der Waals surface area contributed by atoms with Gasteiger partial charge in [-0.3, -0.25) is 28.8 Å². The van der Waals surface area contributed by atoms with Crippen LogP contribution in [-0.2, 0) is 41.6 Å². The monoisotopic (exact) mass is 603 g/mol. The van der Waals surface area contributed by atoms with Crippen molar-refractivity contribution in [1.82, 2.24) is 26.6 Å². The normalized spacial score (nSPS) is 21.5. The molecule has 0 saturated carbocycles. The molecule has 11 nitrogen and oxygen atoms in total. The van der Waals surface area contributed by atoms with Crippen LogP contribution in [0, 0.1) is 0 Å². The molecule has 4 unspecified atom stereocenters. The number of benzene rings is 2. The van der Waals surface area contributed by atoms with E-state index in [-0.39, 0.29) is 48.2 Å². The molecule has 0 spiro atoms. The highest BCUT2D eigenvalue weighted by molar-refractivity contribution is 6.00. The Bertz CT molecular complexity index is 1220. The van der Waals surface area contributed by atoms with Crippen LogP contribution in [0.5, 0.6) is 0 Å². The summed E-state index contributed by atoms with van der Waals surface area (Å²) in [6, 6.07) is 15.8. The third kappa shape index (κ3) is 10.0. The third-order valence-corrected chi connectivity index (χ3v) is 7.87. The van der Waals surface area contributed by atoms with Crippen LogP contribution in [0.4, 0.5) is 0 Å². The highest BCUT2D eigenvalue weighted by Gasteiger charge is 2.35. The molecule has 2 aromatic carbocycles. The Labute approximate surface area is 257 Å². The molecule has 2 saturated heterocycles. The zero-order chi connectivity index (χ0) is 31.3. The molecule has 2 heterocycles. The summed E-state index contributed by atoms with van der Waals surface area (Å²) in [5.74, 6) is -1.65. The first-order valence-corrected chi connectivity index (χ1v) is 15.4. The summed E-state index contributed by atoms with van der Waals surface area (Å²) in [5.41, 5.74) is 1.88. The maximum atomic E-state index is 12.5. The van der Waals surface area contributed by atoms with E-state index >= 15 is 0 Å². The molecule has 11 heteroatoms. The first-order chi connectivity index (χ1) is 21.3. The van der Waals surface area contributed by atoms with Crippen molar-refractivity contribution >= 4 is 35.3 Å². The molecule has 44 heavy (non-hydrogen) atoms. The maximum absolute atomic E-state index is 12.5. The summed E-state index contributed by atoms with van der Waals surface area (Å²) >= 11 is 0. The molecule has 0 aromatic heterocycles. The highest BCUT2D eigenvalue weighted by Crippen LogP contribution is 2.12. The molecule has 4 atom stereocenters. The Morgan fingerprint density at radius 2 is 0.977 bits per heavy atom. The van der Waals surface area contributed by atoms with Crippen molar-refractivity contribution in [2.45, 2.75) is 88.4 Å². The Balaban J connectivity index is 1.02. The van der Waals surface area contributed by atoms with Gasteiger partial charge in [0.1, 0.15) is 30.0 Å². The molecule has 4 rings (SSSR count). The molecule has 2 aliphatic heterocycles. The number of piperazine rings is 2. The predicted molar refractivity (Wildman–Crippen MR) is 163 cm³/mol. The number of amides is 5. The van der Waals surface area contributed by atoms with Crippen molar-refractivity contribution < 1.29 is 28.8 Å². The summed E-state index contributed by atoms with van der Waals surface area (Å²) in [6.45, 7) is 0.457. The van der Waals surface area contributed by atoms with Gasteiger partial charge in [-0.15, -0.1) is 0 Å². The number of rotatable bonds is 16. The average molecular weight is 604 g/mol. The second-order valence-corrected chi connectivity index (χ2v) is 11.4. The van der Waals surface area contributed by atoms with E-state index in [0.717, 1.165) is 36.8 Å². The Kier molecular flexibility index (Phi) is 12.0. The van der Waals surface area contributed by atoms with Gasteiger partial charge in [-0.1, -0.05) is 79.9 Å². The lowest BCUT2D eigenvalue weighted by Crippen LogP contribution is -2.63. The largest absolute Gasteiger partial charge is 0.356 e. The molecule has 0 bridgehead atoms. The SMILES string of the molecule is O=C(CCCCCCCNC(=O)CC1NC(=O)C(Cc2ccccc2)NC1=O)CC1NC(=O)C(Cc2ccccc2)NC1=O. The fourth-order valence-electron chi connectivity index (χ4n) is 5.42. The van der Waals surface area contributed by atoms with Crippen molar-refractivity contribution in [2.75, 3.05) is 6.54 Å². The van der Waals surface area contributed by atoms with E-state index in [0.29, 0.717) is 32.2 Å². The minimum atomic E-state index is -0.893. The predicted octanol–water partition coefficient (Wildman–Crippen LogP) is 1.24. The molecule has 5 N–H and O–H groups in total. The van der Waals surface area contributed by atoms with Gasteiger partial charge in [0, 0.05) is 32.2 Å². The van der Waals surface area contributed by atoms with Crippen molar-refractivity contribution in [1.29, 1.82) is 0 Å². The van der Waals surface area contributed by atoms with Crippen LogP contribution in [-0.4, -0.2) is 66.0 Å². The average Bonchev–Trinajstić information content (AvgIpc) is 3.00. The topological polar surface area (TPSA) is 163 Å². The van der Waals surface area contributed by atoms with E-state index in [1.165, 1.54) is 0 Å². The van der Waals surface area contributed by atoms with Crippen molar-refractivity contribution in [3.05, 3.63) is 71.8 Å². The van der Waals surface area contributed by atoms with E-state index in [4.69, 9.17) is 0 Å². The number of nitrogens with one attached hydrogen (secondary N) is 5. The van der Waals surface area contributed by atoms with Gasteiger partial charge >= 0.3 is 0 Å². The summed E-state index contributed by atoms with van der Waals surface area (Å²) < 4.78 is 0. The van der Waals surface area contributed by atoms with Crippen LogP contribution in [0.3, 0.4) is 0 Å². The van der Waals surface area contributed by atoms with Crippen LogP contribution < -0.4 is 26.6 Å². The molecule has 0 aliphatic carbocycles. The van der Waals surface area contributed by atoms with Gasteiger partial charge in [-0.05, 0) is 24.0 Å². The lowest BCUT2D eigenvalue weighted by molar-refractivity contribution is -0.138. The number of ketones is 1. The first-order valence-electron chi connectivity index (χ1n) is 15.4. The van der Waals surface area contributed by atoms with Gasteiger partial charge in [-0.2, -0.15) is 0 Å². The van der Waals surface area contributed by atoms with E-state index in [1.54, 1.807) is 0 Å². The molecular weight excluding hydrogens is 562 g/mol. The fraction of sp³-hybridized carbons (Fsp3) is 0.455. The van der Waals surface area contributed by atoms with Crippen molar-refractivity contribution in [2.24, 2.45) is 0 Å². The lowest BCUT2D eigenvalue weighted by atomic mass is 9.98. The summed E-state index contributed by atoms with van der Waals surface area (Å²) in [5, 5.41) is 13.6. The minimum Gasteiger partial charge on any atom is -0.356 e. The summed E-state index contributed by atoms with van der Waals surface area (Å²) in [6.07, 6.45) is 5.00. The van der Waals surface area contributed by atoms with Crippen LogP contribution in [0.15, 0.2) is 60.7 Å². The maximum Gasteiger partial charge on any atom is 0.243 e. The van der Waals surface area contributed by atoms with E-state index in [9.17, 15) is 28.8 Å². The number of carbonyl (C=O) groups is 6. The van der Waals surface area contributed by atoms with Gasteiger partial charge in [-0.25, -0.2) is 0 Å². The van der Waals surface area contributed by atoms with Gasteiger partial charge in [0.25, 0.3) is 0 Å². The fourth-order valence-corrected chi connectivity index (χ4v) is 5.42. The third-order valence-electron chi connectivity index (χ3n) is 7.87. The zero-order valence-electron chi connectivity index (χ0n) is 24.8. The van der Waals surface area contributed by atoms with Gasteiger partial charge in [0.05, 0.1) is 6.42 Å². The van der Waals surface area contributed by atoms with Gasteiger partial charge in [0.15, 0.2) is 0 Å². The van der Waals surface area contributed by atoms with Crippen LogP contribution in [0.1, 0.15) is 62.5 Å². The molecular formula is C33H41N5O6. The number of hydrogen-bond donors (Lipinski definition) is 5. The van der Waals surface area contributed by atoms with Crippen LogP contribution in [0.25, 0.3) is 0 Å². The van der Waals surface area contributed by atoms with Gasteiger partial charge in [0.2, 0.25) is 29.5 Å². The quantitative estimate of drug-likeness (QED) is 0.181. The minimum absolute atomic E-state index is 0.0190. The molecule has 2 fully saturated rings. The Morgan fingerprint density at radius 1 is 0.545 bits per heavy atom. The Morgan fingerprint density at radius 3 is 1.52 bits per heavy atom. The van der Waals surface area contributed by atoms with E-state index < -0.39 is 24.2 Å². The Hall–Kier alpha value is -4.54. The molecule has 0 radical (unpaired) electrons. The summed E-state index contributed by atoms with van der Waals surface area (Å²) in [4.78, 5) is 74.6. The number of unbranched alkanes of at least 4 members (excludes halogenated alkanes) is 4. The molecule has 234 valence electrons. The second-order valence-electron chi connectivity index (χ2n) is 11.4. The zero-order valence-corrected chi connectivity index (χ0v) is 24.8. The van der Waals surface area contributed by atoms with Crippen molar-refractivity contribution in [3.8, 4) is 0 Å². The molecule has 2 aromatic rings. The smallest absolute Gasteiger partial charge is 0.243 e. The lowest BCUT2D eigenvalue weighted by Gasteiger charge is -2.29. The van der Waals surface area contributed by atoms with Gasteiger partial charge < -0.3 is 26.6 Å². The van der Waals surface area contributed by atoms with E-state index in [1.807, 2.05) is 60.7 Å². The van der Waals surface area contributed by atoms with E-state index in [2.05, 4.69) is 26.6 Å². The number of carbonyl (C=O) groups excluding carboxylic acids is 6. The standard InChI is InChI=1S/C33H41N5O6/c39-24(20-27-32(43)35-25(30(41)37-27)18-22-12-6-4-7-13-22)16-10-2-1-3-11-17-34-29(40)21-28-33(44)36-26(31(42)38-28)19-23-14-8-5-9-15-23/h4-9,12-15,25-28H,1-3,10-11,16-21H2,(H,34,40)(H,35,43)(H,36,44)(H,37,41)(H,38,42). The summed E-state index contributed by atoms with van der Waals surface area (Å²) in [7, 11) is 0. The number of hydrogen-bond acceptors (Lipinski definition) is 6. The van der Waals surface area contributed by atoms with Crippen LogP contribution in [0.2, 0.25) is 0 Å². The highest BCUT2D eigenvalue weighted by atomic mass is 16.2. The van der Waals surface area contributed by atoms with Crippen LogP contribution >= 0.6 is 0 Å². The first kappa shape index (κ1) is 32.4. The number of Topliss-reactive ketones (excluding diaryl/α,β-unsaturated/α-hetero) is 1. The molecule has 5 amide bonds. The van der Waals surface area contributed by atoms with Crippen molar-refractivity contribution in [3.63, 3.8) is 0 Å². The molecule has 2 aliphatic rings. The second kappa shape index (κ2) is 16.3.